The van der Waals surface area contributed by atoms with Gasteiger partial charge in [0.2, 0.25) is 0 Å². The SMILES string of the molecule is CC(C)(C)OC(=O)NCCCC(=O)O[C@@H]1C[C@@H](N)C[C@H]1N. The highest BCUT2D eigenvalue weighted by molar-refractivity contribution is 5.70. The Hall–Kier alpha value is -1.34. The molecule has 0 heterocycles. The minimum atomic E-state index is -0.527. The zero-order chi connectivity index (χ0) is 16.0. The van der Waals surface area contributed by atoms with E-state index in [0.29, 0.717) is 25.8 Å². The molecule has 1 saturated carbocycles. The molecule has 0 aliphatic heterocycles. The van der Waals surface area contributed by atoms with Crippen LogP contribution in [0.4, 0.5) is 4.79 Å². The Morgan fingerprint density at radius 2 is 1.90 bits per heavy atom. The van der Waals surface area contributed by atoms with Crippen LogP contribution in [0.1, 0.15) is 46.5 Å². The molecule has 0 unspecified atom stereocenters. The summed E-state index contributed by atoms with van der Waals surface area (Å²) in [5.74, 6) is -0.310. The van der Waals surface area contributed by atoms with E-state index in [2.05, 4.69) is 5.32 Å². The molecule has 1 fully saturated rings. The molecular formula is C14H27N3O4. The average Bonchev–Trinajstić information content (AvgIpc) is 2.61. The summed E-state index contributed by atoms with van der Waals surface area (Å²) in [4.78, 5) is 23.0. The van der Waals surface area contributed by atoms with Crippen molar-refractivity contribution in [2.45, 2.75) is 70.2 Å². The maximum Gasteiger partial charge on any atom is 0.407 e. The zero-order valence-corrected chi connectivity index (χ0v) is 13.1. The van der Waals surface area contributed by atoms with E-state index in [-0.39, 0.29) is 30.6 Å². The van der Waals surface area contributed by atoms with Gasteiger partial charge < -0.3 is 26.3 Å². The zero-order valence-electron chi connectivity index (χ0n) is 13.1. The first-order chi connectivity index (χ1) is 9.67. The molecule has 122 valence electrons. The van der Waals surface area contributed by atoms with E-state index < -0.39 is 11.7 Å². The van der Waals surface area contributed by atoms with Gasteiger partial charge in [-0.25, -0.2) is 4.79 Å². The van der Waals surface area contributed by atoms with Crippen molar-refractivity contribution in [3.8, 4) is 0 Å². The second-order valence-electron chi connectivity index (χ2n) is 6.46. The number of nitrogens with one attached hydrogen (secondary N) is 1. The predicted octanol–water partition coefficient (Wildman–Crippen LogP) is 0.652. The fraction of sp³-hybridized carbons (Fsp3) is 0.857. The van der Waals surface area contributed by atoms with Gasteiger partial charge in [-0.05, 0) is 33.6 Å². The molecule has 1 aliphatic carbocycles. The number of hydrogen-bond donors (Lipinski definition) is 3. The number of rotatable bonds is 5. The highest BCUT2D eigenvalue weighted by Gasteiger charge is 2.32. The molecule has 0 spiro atoms. The van der Waals surface area contributed by atoms with Gasteiger partial charge in [-0.2, -0.15) is 0 Å². The molecule has 3 atom stereocenters. The summed E-state index contributed by atoms with van der Waals surface area (Å²) in [6, 6.07) is -0.171. The summed E-state index contributed by atoms with van der Waals surface area (Å²) in [7, 11) is 0. The van der Waals surface area contributed by atoms with Crippen LogP contribution in [0.3, 0.4) is 0 Å². The second-order valence-corrected chi connectivity index (χ2v) is 6.46. The largest absolute Gasteiger partial charge is 0.461 e. The van der Waals surface area contributed by atoms with Crippen molar-refractivity contribution in [2.24, 2.45) is 11.5 Å². The van der Waals surface area contributed by atoms with Crippen molar-refractivity contribution in [3.05, 3.63) is 0 Å². The molecule has 7 heteroatoms. The monoisotopic (exact) mass is 301 g/mol. The highest BCUT2D eigenvalue weighted by Crippen LogP contribution is 2.20. The van der Waals surface area contributed by atoms with Gasteiger partial charge >= 0.3 is 12.1 Å². The molecule has 21 heavy (non-hydrogen) atoms. The minimum absolute atomic E-state index is 0.00614. The highest BCUT2D eigenvalue weighted by atomic mass is 16.6. The first-order valence-electron chi connectivity index (χ1n) is 7.35. The second kappa shape index (κ2) is 7.61. The van der Waals surface area contributed by atoms with Crippen molar-refractivity contribution in [3.63, 3.8) is 0 Å². The first-order valence-corrected chi connectivity index (χ1v) is 7.35. The van der Waals surface area contributed by atoms with Crippen molar-refractivity contribution < 1.29 is 19.1 Å². The van der Waals surface area contributed by atoms with Gasteiger partial charge in [0.1, 0.15) is 11.7 Å². The van der Waals surface area contributed by atoms with Crippen molar-refractivity contribution in [2.75, 3.05) is 6.54 Å². The molecule has 0 saturated heterocycles. The topological polar surface area (TPSA) is 117 Å². The number of esters is 1. The van der Waals surface area contributed by atoms with Gasteiger partial charge in [0.15, 0.2) is 0 Å². The Labute approximate surface area is 125 Å². The number of amides is 1. The summed E-state index contributed by atoms with van der Waals surface area (Å²) in [5.41, 5.74) is 11.1. The lowest BCUT2D eigenvalue weighted by atomic mass is 10.2. The van der Waals surface area contributed by atoms with E-state index in [4.69, 9.17) is 20.9 Å². The Kier molecular flexibility index (Phi) is 6.42. The van der Waals surface area contributed by atoms with E-state index in [1.165, 1.54) is 0 Å². The van der Waals surface area contributed by atoms with Crippen LogP contribution in [0.5, 0.6) is 0 Å². The molecule has 0 bridgehead atoms. The Balaban J connectivity index is 2.13. The van der Waals surface area contributed by atoms with Gasteiger partial charge in [0, 0.05) is 31.5 Å². The predicted molar refractivity (Wildman–Crippen MR) is 78.5 cm³/mol. The summed E-state index contributed by atoms with van der Waals surface area (Å²) in [6.07, 6.45) is 1.24. The Bertz CT molecular complexity index is 368. The van der Waals surface area contributed by atoms with Crippen LogP contribution in [0, 0.1) is 0 Å². The molecule has 0 aromatic carbocycles. The number of nitrogens with two attached hydrogens (primary N) is 2. The van der Waals surface area contributed by atoms with Gasteiger partial charge in [-0.3, -0.25) is 4.79 Å². The van der Waals surface area contributed by atoms with E-state index in [9.17, 15) is 9.59 Å². The molecule has 0 aromatic heterocycles. The fourth-order valence-corrected chi connectivity index (χ4v) is 2.17. The lowest BCUT2D eigenvalue weighted by molar-refractivity contribution is -0.149. The summed E-state index contributed by atoms with van der Waals surface area (Å²) in [6.45, 7) is 5.73. The van der Waals surface area contributed by atoms with Crippen LogP contribution in [0.25, 0.3) is 0 Å². The summed E-state index contributed by atoms with van der Waals surface area (Å²) < 4.78 is 10.4. The number of hydrogen-bond acceptors (Lipinski definition) is 6. The number of carbonyl (C=O) groups excluding carboxylic acids is 2. The van der Waals surface area contributed by atoms with Gasteiger partial charge in [-0.1, -0.05) is 0 Å². The standard InChI is InChI=1S/C14H27N3O4/c1-14(2,3)21-13(19)17-6-4-5-12(18)20-11-8-9(15)7-10(11)16/h9-11H,4-8,15-16H2,1-3H3,(H,17,19)/t9-,10+,11+/m0/s1. The van der Waals surface area contributed by atoms with Crippen LogP contribution >= 0.6 is 0 Å². The fourth-order valence-electron chi connectivity index (χ4n) is 2.17. The summed E-state index contributed by atoms with van der Waals surface area (Å²) in [5, 5.41) is 2.59. The van der Waals surface area contributed by atoms with Gasteiger partial charge in [0.05, 0.1) is 0 Å². The van der Waals surface area contributed by atoms with E-state index in [1.807, 2.05) is 0 Å². The smallest absolute Gasteiger partial charge is 0.407 e. The quantitative estimate of drug-likeness (QED) is 0.507. The number of alkyl carbamates (subject to hydrolysis) is 1. The van der Waals surface area contributed by atoms with Gasteiger partial charge in [-0.15, -0.1) is 0 Å². The molecule has 1 amide bonds. The number of ether oxygens (including phenoxy) is 2. The van der Waals surface area contributed by atoms with E-state index in [0.717, 1.165) is 0 Å². The molecular weight excluding hydrogens is 274 g/mol. The van der Waals surface area contributed by atoms with Crippen LogP contribution < -0.4 is 16.8 Å². The van der Waals surface area contributed by atoms with Crippen LogP contribution in [-0.2, 0) is 14.3 Å². The molecule has 0 aromatic rings. The average molecular weight is 301 g/mol. The molecule has 7 nitrogen and oxygen atoms in total. The third-order valence-electron chi connectivity index (χ3n) is 3.10. The van der Waals surface area contributed by atoms with Crippen molar-refractivity contribution in [1.29, 1.82) is 0 Å². The van der Waals surface area contributed by atoms with Crippen molar-refractivity contribution >= 4 is 12.1 Å². The van der Waals surface area contributed by atoms with E-state index >= 15 is 0 Å². The maximum absolute atomic E-state index is 11.7. The third-order valence-corrected chi connectivity index (χ3v) is 3.10. The molecule has 0 radical (unpaired) electrons. The summed E-state index contributed by atoms with van der Waals surface area (Å²) >= 11 is 0. The maximum atomic E-state index is 11.7. The Morgan fingerprint density at radius 1 is 1.24 bits per heavy atom. The first kappa shape index (κ1) is 17.7. The molecule has 5 N–H and O–H groups in total. The minimum Gasteiger partial charge on any atom is -0.461 e. The lowest BCUT2D eigenvalue weighted by Gasteiger charge is -2.19. The van der Waals surface area contributed by atoms with Crippen LogP contribution in [0.15, 0.2) is 0 Å². The third kappa shape index (κ3) is 7.29. The Morgan fingerprint density at radius 3 is 2.43 bits per heavy atom. The van der Waals surface area contributed by atoms with Gasteiger partial charge in [0.25, 0.3) is 0 Å². The number of carbonyl (C=O) groups is 2. The molecule has 1 rings (SSSR count). The molecule has 1 aliphatic rings. The normalized spacial score (nSPS) is 25.5. The lowest BCUT2D eigenvalue weighted by Crippen LogP contribution is -2.34. The van der Waals surface area contributed by atoms with E-state index in [1.54, 1.807) is 20.8 Å². The van der Waals surface area contributed by atoms with Crippen LogP contribution in [-0.4, -0.2) is 42.4 Å². The van der Waals surface area contributed by atoms with Crippen LogP contribution in [0.2, 0.25) is 0 Å². The van der Waals surface area contributed by atoms with Crippen molar-refractivity contribution in [1.82, 2.24) is 5.32 Å².